The molecule has 0 aliphatic carbocycles. The summed E-state index contributed by atoms with van der Waals surface area (Å²) in [5, 5.41) is 2.78. The topological polar surface area (TPSA) is 55.1 Å². The van der Waals surface area contributed by atoms with E-state index in [9.17, 15) is 4.79 Å². The van der Waals surface area contributed by atoms with E-state index in [0.717, 1.165) is 32.4 Å². The Balaban J connectivity index is 3.14. The van der Waals surface area contributed by atoms with Crippen LogP contribution in [0.1, 0.15) is 26.2 Å². The molecule has 0 aliphatic rings. The fourth-order valence-electron chi connectivity index (χ4n) is 0.868. The predicted octanol–water partition coefficient (Wildman–Crippen LogP) is 0.808. The van der Waals surface area contributed by atoms with Crippen molar-refractivity contribution in [1.29, 1.82) is 0 Å². The molecule has 0 rings (SSSR count). The summed E-state index contributed by atoms with van der Waals surface area (Å²) in [5.74, 6) is -0.00903. The Bertz CT molecular complexity index is 143. The molecule has 0 saturated carbocycles. The van der Waals surface area contributed by atoms with E-state index < -0.39 is 0 Å². The Kier molecular flexibility index (Phi) is 7.70. The number of carbonyl (C=O) groups excluding carboxylic acids is 1. The molecule has 0 saturated heterocycles. The molecular weight excluding hydrogens is 152 g/mol. The molecule has 3 N–H and O–H groups in total. The van der Waals surface area contributed by atoms with E-state index in [1.54, 1.807) is 6.08 Å². The van der Waals surface area contributed by atoms with Crippen molar-refractivity contribution in [3.05, 3.63) is 12.2 Å². The lowest BCUT2D eigenvalue weighted by molar-refractivity contribution is -0.116. The third-order valence-electron chi connectivity index (χ3n) is 1.50. The number of hydrogen-bond donors (Lipinski definition) is 2. The van der Waals surface area contributed by atoms with Gasteiger partial charge in [0.15, 0.2) is 0 Å². The van der Waals surface area contributed by atoms with Crippen molar-refractivity contribution in [3.63, 3.8) is 0 Å². The van der Waals surface area contributed by atoms with Crippen molar-refractivity contribution < 1.29 is 4.79 Å². The molecule has 0 aromatic rings. The molecule has 70 valence electrons. The molecule has 0 unspecified atom stereocenters. The highest BCUT2D eigenvalue weighted by Crippen LogP contribution is 1.90. The summed E-state index contributed by atoms with van der Waals surface area (Å²) in [5.41, 5.74) is 5.32. The normalized spacial score (nSPS) is 10.5. The van der Waals surface area contributed by atoms with Gasteiger partial charge in [-0.3, -0.25) is 4.79 Å². The highest BCUT2D eigenvalue weighted by Gasteiger charge is 1.92. The second-order valence-corrected chi connectivity index (χ2v) is 2.64. The number of allylic oxidation sites excluding steroid dienone is 1. The minimum Gasteiger partial charge on any atom is -0.353 e. The molecule has 0 radical (unpaired) electrons. The van der Waals surface area contributed by atoms with Crippen molar-refractivity contribution in [2.24, 2.45) is 5.73 Å². The highest BCUT2D eigenvalue weighted by atomic mass is 16.1. The van der Waals surface area contributed by atoms with Crippen LogP contribution in [-0.4, -0.2) is 19.0 Å². The first-order chi connectivity index (χ1) is 5.81. The maximum Gasteiger partial charge on any atom is 0.243 e. The molecule has 0 spiro atoms. The van der Waals surface area contributed by atoms with Gasteiger partial charge in [-0.1, -0.05) is 12.5 Å². The lowest BCUT2D eigenvalue weighted by atomic mass is 10.2. The fourth-order valence-corrected chi connectivity index (χ4v) is 0.868. The molecule has 0 atom stereocenters. The lowest BCUT2D eigenvalue weighted by Gasteiger charge is -2.00. The number of rotatable bonds is 6. The second-order valence-electron chi connectivity index (χ2n) is 2.64. The first-order valence-electron chi connectivity index (χ1n) is 4.42. The molecule has 0 bridgehead atoms. The Morgan fingerprint density at radius 1 is 1.42 bits per heavy atom. The van der Waals surface area contributed by atoms with Gasteiger partial charge >= 0.3 is 0 Å². The van der Waals surface area contributed by atoms with Crippen LogP contribution in [0.4, 0.5) is 0 Å². The third-order valence-corrected chi connectivity index (χ3v) is 1.50. The Morgan fingerprint density at radius 2 is 2.17 bits per heavy atom. The van der Waals surface area contributed by atoms with Gasteiger partial charge < -0.3 is 11.1 Å². The van der Waals surface area contributed by atoms with E-state index in [4.69, 9.17) is 5.73 Å². The van der Waals surface area contributed by atoms with Crippen molar-refractivity contribution in [1.82, 2.24) is 5.32 Å². The molecule has 3 heteroatoms. The van der Waals surface area contributed by atoms with Crippen molar-refractivity contribution >= 4 is 5.91 Å². The zero-order valence-electron chi connectivity index (χ0n) is 7.68. The quantitative estimate of drug-likeness (QED) is 0.458. The van der Waals surface area contributed by atoms with Crippen LogP contribution in [0, 0.1) is 0 Å². The first kappa shape index (κ1) is 11.2. The number of nitrogens with one attached hydrogen (secondary N) is 1. The molecule has 0 fully saturated rings. The third kappa shape index (κ3) is 7.28. The summed E-state index contributed by atoms with van der Waals surface area (Å²) >= 11 is 0. The number of unbranched alkanes of at least 4 members (excludes halogenated alkanes) is 2. The van der Waals surface area contributed by atoms with Crippen molar-refractivity contribution in [2.45, 2.75) is 26.2 Å². The molecule has 3 nitrogen and oxygen atoms in total. The second kappa shape index (κ2) is 8.27. The van der Waals surface area contributed by atoms with Gasteiger partial charge in [0.25, 0.3) is 0 Å². The standard InChI is InChI=1S/C9H18N2O/c1-2-6-9(12)11-8-5-3-4-7-10/h2,6H,3-5,7-8,10H2,1H3,(H,11,12). The van der Waals surface area contributed by atoms with Gasteiger partial charge in [-0.25, -0.2) is 0 Å². The maximum atomic E-state index is 10.9. The van der Waals surface area contributed by atoms with Crippen LogP contribution in [0.25, 0.3) is 0 Å². The summed E-state index contributed by atoms with van der Waals surface area (Å²) in [7, 11) is 0. The maximum absolute atomic E-state index is 10.9. The largest absolute Gasteiger partial charge is 0.353 e. The average Bonchev–Trinajstić information content (AvgIpc) is 2.05. The summed E-state index contributed by atoms with van der Waals surface area (Å²) in [6.07, 6.45) is 6.41. The van der Waals surface area contributed by atoms with E-state index >= 15 is 0 Å². The summed E-state index contributed by atoms with van der Waals surface area (Å²) < 4.78 is 0. The molecular formula is C9H18N2O. The number of carbonyl (C=O) groups is 1. The van der Waals surface area contributed by atoms with Crippen molar-refractivity contribution in [3.8, 4) is 0 Å². The van der Waals surface area contributed by atoms with Crippen LogP contribution in [0.15, 0.2) is 12.2 Å². The van der Waals surface area contributed by atoms with Gasteiger partial charge in [0, 0.05) is 6.54 Å². The van der Waals surface area contributed by atoms with Crippen LogP contribution >= 0.6 is 0 Å². The number of hydrogen-bond acceptors (Lipinski definition) is 2. The van der Waals surface area contributed by atoms with Crippen LogP contribution in [0.5, 0.6) is 0 Å². The van der Waals surface area contributed by atoms with Gasteiger partial charge in [-0.05, 0) is 32.4 Å². The Labute approximate surface area is 74.0 Å². The van der Waals surface area contributed by atoms with Crippen molar-refractivity contribution in [2.75, 3.05) is 13.1 Å². The lowest BCUT2D eigenvalue weighted by Crippen LogP contribution is -2.22. The SMILES string of the molecule is CC=CC(=O)NCCCCCN. The highest BCUT2D eigenvalue weighted by molar-refractivity contribution is 5.87. The van der Waals surface area contributed by atoms with Gasteiger partial charge in [0.05, 0.1) is 0 Å². The van der Waals surface area contributed by atoms with Gasteiger partial charge in [-0.2, -0.15) is 0 Å². The minimum absolute atomic E-state index is 0.00903. The van der Waals surface area contributed by atoms with Gasteiger partial charge in [-0.15, -0.1) is 0 Å². The van der Waals surface area contributed by atoms with Crippen LogP contribution in [0.3, 0.4) is 0 Å². The fraction of sp³-hybridized carbons (Fsp3) is 0.667. The molecule has 12 heavy (non-hydrogen) atoms. The van der Waals surface area contributed by atoms with E-state index in [-0.39, 0.29) is 5.91 Å². The predicted molar refractivity (Wildman–Crippen MR) is 50.7 cm³/mol. The molecule has 0 aromatic heterocycles. The summed E-state index contributed by atoms with van der Waals surface area (Å²) in [6, 6.07) is 0. The molecule has 0 aliphatic heterocycles. The van der Waals surface area contributed by atoms with Crippen LogP contribution in [-0.2, 0) is 4.79 Å². The van der Waals surface area contributed by atoms with E-state index in [0.29, 0.717) is 0 Å². The molecule has 0 aromatic carbocycles. The van der Waals surface area contributed by atoms with Gasteiger partial charge in [0.1, 0.15) is 0 Å². The Hall–Kier alpha value is -0.830. The van der Waals surface area contributed by atoms with E-state index in [1.165, 1.54) is 6.08 Å². The van der Waals surface area contributed by atoms with Crippen LogP contribution in [0.2, 0.25) is 0 Å². The smallest absolute Gasteiger partial charge is 0.243 e. The summed E-state index contributed by atoms with van der Waals surface area (Å²) in [6.45, 7) is 3.32. The average molecular weight is 170 g/mol. The monoisotopic (exact) mass is 170 g/mol. The Morgan fingerprint density at radius 3 is 2.75 bits per heavy atom. The van der Waals surface area contributed by atoms with E-state index in [1.807, 2.05) is 6.92 Å². The van der Waals surface area contributed by atoms with E-state index in [2.05, 4.69) is 5.32 Å². The zero-order valence-corrected chi connectivity index (χ0v) is 7.68. The van der Waals surface area contributed by atoms with Crippen LogP contribution < -0.4 is 11.1 Å². The molecule has 0 heterocycles. The minimum atomic E-state index is -0.00903. The van der Waals surface area contributed by atoms with Gasteiger partial charge in [0.2, 0.25) is 5.91 Å². The first-order valence-corrected chi connectivity index (χ1v) is 4.42. The number of amides is 1. The zero-order chi connectivity index (χ0) is 9.23. The number of nitrogens with two attached hydrogens (primary N) is 1. The molecule has 1 amide bonds. The summed E-state index contributed by atoms with van der Waals surface area (Å²) in [4.78, 5) is 10.9.